The molecule has 2 aromatic rings. The zero-order valence-corrected chi connectivity index (χ0v) is 14.4. The van der Waals surface area contributed by atoms with Gasteiger partial charge in [0.15, 0.2) is 11.6 Å². The predicted octanol–water partition coefficient (Wildman–Crippen LogP) is 0.662. The molecule has 2 aromatic heterocycles. The number of aromatic nitrogens is 3. The maximum atomic E-state index is 12.5. The third-order valence-electron chi connectivity index (χ3n) is 4.89. The fraction of sp³-hybridized carbons (Fsp3) is 0.562. The second kappa shape index (κ2) is 6.27. The van der Waals surface area contributed by atoms with Gasteiger partial charge in [-0.05, 0) is 35.9 Å². The number of likely N-dealkylation sites (tertiary alicyclic amines) is 1. The van der Waals surface area contributed by atoms with E-state index < -0.39 is 0 Å². The quantitative estimate of drug-likeness (QED) is 0.883. The largest absolute Gasteiger partial charge is 0.392 e. The molecule has 4 heterocycles. The van der Waals surface area contributed by atoms with Crippen LogP contribution in [-0.4, -0.2) is 61.8 Å². The van der Waals surface area contributed by atoms with Crippen LogP contribution in [0, 0.1) is 0 Å². The number of carbonyl (C=O) groups is 1. The lowest BCUT2D eigenvalue weighted by atomic mass is 10.1. The van der Waals surface area contributed by atoms with Crippen LogP contribution in [0.5, 0.6) is 0 Å². The maximum Gasteiger partial charge on any atom is 0.227 e. The molecule has 0 saturated carbocycles. The number of amides is 1. The van der Waals surface area contributed by atoms with Crippen LogP contribution in [-0.2, 0) is 24.3 Å². The summed E-state index contributed by atoms with van der Waals surface area (Å²) >= 11 is 1.61. The minimum atomic E-state index is -0.305. The first kappa shape index (κ1) is 15.7. The van der Waals surface area contributed by atoms with Crippen molar-refractivity contribution in [1.29, 1.82) is 0 Å². The van der Waals surface area contributed by atoms with Gasteiger partial charge in [0.1, 0.15) is 0 Å². The average Bonchev–Trinajstić information content (AvgIpc) is 3.27. The first-order valence-electron chi connectivity index (χ1n) is 8.21. The van der Waals surface area contributed by atoms with Gasteiger partial charge in [-0.1, -0.05) is 0 Å². The van der Waals surface area contributed by atoms with Gasteiger partial charge in [-0.3, -0.25) is 9.69 Å². The van der Waals surface area contributed by atoms with E-state index in [1.807, 2.05) is 28.8 Å². The monoisotopic (exact) mass is 347 g/mol. The lowest BCUT2D eigenvalue weighted by Crippen LogP contribution is -2.40. The molecule has 4 rings (SSSR count). The Morgan fingerprint density at radius 2 is 2.29 bits per heavy atom. The number of nitrogens with zero attached hydrogens (tertiary/aromatic N) is 5. The molecule has 0 aromatic carbocycles. The van der Waals surface area contributed by atoms with E-state index >= 15 is 0 Å². The SMILES string of the molecule is CN1C[C@H](O)C[C@H]1c1nnc2n1CCN(C(=O)Cc1ccsc1)C2. The Morgan fingerprint density at radius 3 is 3.00 bits per heavy atom. The molecule has 1 N–H and O–H groups in total. The number of fused-ring (bicyclic) bond motifs is 1. The topological polar surface area (TPSA) is 74.5 Å². The van der Waals surface area contributed by atoms with Crippen LogP contribution in [0.3, 0.4) is 0 Å². The van der Waals surface area contributed by atoms with E-state index in [0.29, 0.717) is 39.0 Å². The summed E-state index contributed by atoms with van der Waals surface area (Å²) in [4.78, 5) is 16.4. The first-order valence-corrected chi connectivity index (χ1v) is 9.15. The van der Waals surface area contributed by atoms with Crippen LogP contribution in [0.2, 0.25) is 0 Å². The number of carbonyl (C=O) groups excluding carboxylic acids is 1. The molecule has 1 saturated heterocycles. The summed E-state index contributed by atoms with van der Waals surface area (Å²) in [5.41, 5.74) is 1.07. The molecular formula is C16H21N5O2S. The minimum absolute atomic E-state index is 0.106. The molecule has 0 unspecified atom stereocenters. The standard InChI is InChI=1S/C16H21N5O2S/c1-19-8-12(22)7-13(19)16-18-17-14-9-20(3-4-21(14)16)15(23)6-11-2-5-24-10-11/h2,5,10,12-13,22H,3-4,6-9H2,1H3/t12-,13+/m1/s1. The molecule has 0 aliphatic carbocycles. The summed E-state index contributed by atoms with van der Waals surface area (Å²) in [7, 11) is 2.00. The van der Waals surface area contributed by atoms with Crippen molar-refractivity contribution in [3.63, 3.8) is 0 Å². The number of likely N-dealkylation sites (N-methyl/N-ethyl adjacent to an activating group) is 1. The van der Waals surface area contributed by atoms with Crippen LogP contribution in [0.4, 0.5) is 0 Å². The van der Waals surface area contributed by atoms with E-state index in [-0.39, 0.29) is 18.1 Å². The van der Waals surface area contributed by atoms with Crippen molar-refractivity contribution in [2.75, 3.05) is 20.1 Å². The molecular weight excluding hydrogens is 326 g/mol. The summed E-state index contributed by atoms with van der Waals surface area (Å²) in [6.45, 7) is 2.57. The van der Waals surface area contributed by atoms with Crippen LogP contribution < -0.4 is 0 Å². The van der Waals surface area contributed by atoms with Gasteiger partial charge >= 0.3 is 0 Å². The second-order valence-electron chi connectivity index (χ2n) is 6.59. The molecule has 24 heavy (non-hydrogen) atoms. The van der Waals surface area contributed by atoms with Gasteiger partial charge in [-0.15, -0.1) is 10.2 Å². The molecule has 0 radical (unpaired) electrons. The highest BCUT2D eigenvalue weighted by Crippen LogP contribution is 2.30. The summed E-state index contributed by atoms with van der Waals surface area (Å²) < 4.78 is 2.12. The number of hydrogen-bond donors (Lipinski definition) is 1. The molecule has 2 aliphatic rings. The molecule has 0 bridgehead atoms. The Labute approximate surface area is 144 Å². The highest BCUT2D eigenvalue weighted by molar-refractivity contribution is 7.07. The molecule has 1 fully saturated rings. The van der Waals surface area contributed by atoms with Gasteiger partial charge in [0, 0.05) is 19.6 Å². The minimum Gasteiger partial charge on any atom is -0.392 e. The lowest BCUT2D eigenvalue weighted by molar-refractivity contribution is -0.132. The van der Waals surface area contributed by atoms with Gasteiger partial charge in [0.2, 0.25) is 5.91 Å². The molecule has 0 spiro atoms. The van der Waals surface area contributed by atoms with Gasteiger partial charge in [0.05, 0.1) is 25.1 Å². The highest BCUT2D eigenvalue weighted by atomic mass is 32.1. The van der Waals surface area contributed by atoms with Crippen LogP contribution in [0.1, 0.15) is 29.7 Å². The number of aliphatic hydroxyl groups is 1. The first-order chi connectivity index (χ1) is 11.6. The number of hydrogen-bond acceptors (Lipinski definition) is 6. The van der Waals surface area contributed by atoms with E-state index in [0.717, 1.165) is 17.2 Å². The number of aliphatic hydroxyl groups excluding tert-OH is 1. The Morgan fingerprint density at radius 1 is 1.42 bits per heavy atom. The summed E-state index contributed by atoms with van der Waals surface area (Å²) in [6, 6.07) is 2.10. The third-order valence-corrected chi connectivity index (χ3v) is 5.63. The maximum absolute atomic E-state index is 12.5. The summed E-state index contributed by atoms with van der Waals surface area (Å²) in [5.74, 6) is 1.89. The number of β-amino-alcohol motifs (C(OH)–C–C–N with tert-alkyl or cyclic N) is 1. The predicted molar refractivity (Wildman–Crippen MR) is 89.5 cm³/mol. The lowest BCUT2D eigenvalue weighted by Gasteiger charge is -2.29. The smallest absolute Gasteiger partial charge is 0.227 e. The normalized spacial score (nSPS) is 24.3. The van der Waals surface area contributed by atoms with Gasteiger partial charge < -0.3 is 14.6 Å². The van der Waals surface area contributed by atoms with Crippen LogP contribution >= 0.6 is 11.3 Å². The van der Waals surface area contributed by atoms with E-state index in [2.05, 4.69) is 19.7 Å². The third kappa shape index (κ3) is 2.85. The Hall–Kier alpha value is -1.77. The van der Waals surface area contributed by atoms with Crippen molar-refractivity contribution in [2.45, 2.75) is 38.1 Å². The Kier molecular flexibility index (Phi) is 4.11. The molecule has 2 aliphatic heterocycles. The second-order valence-corrected chi connectivity index (χ2v) is 7.37. The van der Waals surface area contributed by atoms with Gasteiger partial charge in [-0.25, -0.2) is 0 Å². The van der Waals surface area contributed by atoms with E-state index in [1.54, 1.807) is 11.3 Å². The van der Waals surface area contributed by atoms with Crippen molar-refractivity contribution in [3.8, 4) is 0 Å². The van der Waals surface area contributed by atoms with Crippen molar-refractivity contribution in [2.24, 2.45) is 0 Å². The van der Waals surface area contributed by atoms with Crippen LogP contribution in [0.15, 0.2) is 16.8 Å². The molecule has 7 nitrogen and oxygen atoms in total. The van der Waals surface area contributed by atoms with E-state index in [1.165, 1.54) is 0 Å². The Bertz CT molecular complexity index is 729. The van der Waals surface area contributed by atoms with Crippen molar-refractivity contribution in [1.82, 2.24) is 24.6 Å². The Balaban J connectivity index is 1.48. The zero-order chi connectivity index (χ0) is 16.7. The van der Waals surface area contributed by atoms with E-state index in [4.69, 9.17) is 0 Å². The molecule has 1 amide bonds. The average molecular weight is 347 g/mol. The summed E-state index contributed by atoms with van der Waals surface area (Å²) in [6.07, 6.45) is 0.831. The van der Waals surface area contributed by atoms with E-state index in [9.17, 15) is 9.90 Å². The zero-order valence-electron chi connectivity index (χ0n) is 13.6. The number of thiophene rings is 1. The van der Waals surface area contributed by atoms with Crippen LogP contribution in [0.25, 0.3) is 0 Å². The van der Waals surface area contributed by atoms with Crippen molar-refractivity contribution < 1.29 is 9.90 Å². The summed E-state index contributed by atoms with van der Waals surface area (Å²) in [5, 5.41) is 22.5. The fourth-order valence-corrected chi connectivity index (χ4v) is 4.26. The van der Waals surface area contributed by atoms with Crippen molar-refractivity contribution in [3.05, 3.63) is 34.0 Å². The van der Waals surface area contributed by atoms with Gasteiger partial charge in [-0.2, -0.15) is 11.3 Å². The van der Waals surface area contributed by atoms with Gasteiger partial charge in [0.25, 0.3) is 0 Å². The molecule has 2 atom stereocenters. The molecule has 8 heteroatoms. The number of rotatable bonds is 3. The van der Waals surface area contributed by atoms with Crippen molar-refractivity contribution >= 4 is 17.2 Å². The molecule has 128 valence electrons. The highest BCUT2D eigenvalue weighted by Gasteiger charge is 2.35. The fourth-order valence-electron chi connectivity index (χ4n) is 3.59.